The van der Waals surface area contributed by atoms with Crippen molar-refractivity contribution in [1.29, 1.82) is 0 Å². The number of ether oxygens (including phenoxy) is 4. The summed E-state index contributed by atoms with van der Waals surface area (Å²) in [7, 11) is 1.54. The molecule has 2 atom stereocenters. The van der Waals surface area contributed by atoms with E-state index in [1.807, 2.05) is 0 Å². The standard InChI is InChI=1S/C24H21NO7/c1-29-17-10-8-16(9-11-17)25-21(23(24(27)28)32-18-5-3-2-4-6-18)22(26)15-7-12-19-20(13-15)31-14-30-19/h2-13,21,23,25H,14H2,1H3,(H,27,28)/t21-,23-/m0/s1. The SMILES string of the molecule is COc1ccc(N[C@@H](C(=O)c2ccc3c(c2)OCO3)[C@H](Oc2ccccc2)C(=O)O)cc1. The van der Waals surface area contributed by atoms with Crippen LogP contribution in [0.3, 0.4) is 0 Å². The summed E-state index contributed by atoms with van der Waals surface area (Å²) in [5, 5.41) is 12.9. The van der Waals surface area contributed by atoms with Crippen molar-refractivity contribution in [1.82, 2.24) is 0 Å². The zero-order valence-corrected chi connectivity index (χ0v) is 17.2. The molecule has 0 saturated heterocycles. The van der Waals surface area contributed by atoms with Gasteiger partial charge in [0.25, 0.3) is 0 Å². The van der Waals surface area contributed by atoms with Crippen LogP contribution in [0.15, 0.2) is 72.8 Å². The largest absolute Gasteiger partial charge is 0.497 e. The maximum atomic E-state index is 13.5. The van der Waals surface area contributed by atoms with E-state index in [2.05, 4.69) is 5.32 Å². The van der Waals surface area contributed by atoms with E-state index in [-0.39, 0.29) is 12.4 Å². The molecule has 1 aliphatic rings. The molecule has 0 fully saturated rings. The maximum absolute atomic E-state index is 13.5. The summed E-state index contributed by atoms with van der Waals surface area (Å²) in [6, 6.07) is 18.8. The molecule has 32 heavy (non-hydrogen) atoms. The van der Waals surface area contributed by atoms with Gasteiger partial charge in [0.1, 0.15) is 17.5 Å². The molecule has 0 saturated carbocycles. The number of anilines is 1. The summed E-state index contributed by atoms with van der Waals surface area (Å²) in [6.45, 7) is 0.0649. The van der Waals surface area contributed by atoms with Gasteiger partial charge < -0.3 is 29.4 Å². The number of ketones is 1. The van der Waals surface area contributed by atoms with Crippen molar-refractivity contribution < 1.29 is 33.6 Å². The second-order valence-electron chi connectivity index (χ2n) is 6.97. The Labute approximate surface area is 184 Å². The van der Waals surface area contributed by atoms with E-state index >= 15 is 0 Å². The van der Waals surface area contributed by atoms with Gasteiger partial charge in [-0.2, -0.15) is 0 Å². The van der Waals surface area contributed by atoms with Gasteiger partial charge in [0, 0.05) is 11.3 Å². The van der Waals surface area contributed by atoms with E-state index in [0.29, 0.717) is 28.7 Å². The lowest BCUT2D eigenvalue weighted by atomic mass is 9.98. The van der Waals surface area contributed by atoms with Gasteiger partial charge in [-0.1, -0.05) is 18.2 Å². The number of carboxylic acids is 1. The lowest BCUT2D eigenvalue weighted by Crippen LogP contribution is -2.48. The highest BCUT2D eigenvalue weighted by atomic mass is 16.7. The van der Waals surface area contributed by atoms with Gasteiger partial charge >= 0.3 is 5.97 Å². The zero-order chi connectivity index (χ0) is 22.5. The number of nitrogens with one attached hydrogen (secondary N) is 1. The number of rotatable bonds is 9. The molecule has 0 spiro atoms. The number of para-hydroxylation sites is 1. The molecule has 1 aliphatic heterocycles. The number of Topliss-reactive ketones (excluding diaryl/α,β-unsaturated/α-hetero) is 1. The Balaban J connectivity index is 1.68. The maximum Gasteiger partial charge on any atom is 0.347 e. The molecule has 0 bridgehead atoms. The fraction of sp³-hybridized carbons (Fsp3) is 0.167. The van der Waals surface area contributed by atoms with E-state index < -0.39 is 23.9 Å². The van der Waals surface area contributed by atoms with E-state index in [1.165, 1.54) is 6.07 Å². The second-order valence-corrected chi connectivity index (χ2v) is 6.97. The summed E-state index contributed by atoms with van der Waals surface area (Å²) in [6.07, 6.45) is -1.50. The minimum absolute atomic E-state index is 0.0649. The first-order chi connectivity index (χ1) is 15.5. The summed E-state index contributed by atoms with van der Waals surface area (Å²) in [4.78, 5) is 25.7. The molecule has 0 aliphatic carbocycles. The Morgan fingerprint density at radius 1 is 0.938 bits per heavy atom. The van der Waals surface area contributed by atoms with Gasteiger partial charge in [-0.3, -0.25) is 4.79 Å². The van der Waals surface area contributed by atoms with Crippen LogP contribution in [0, 0.1) is 0 Å². The van der Waals surface area contributed by atoms with Crippen molar-refractivity contribution in [3.63, 3.8) is 0 Å². The molecule has 2 N–H and O–H groups in total. The van der Waals surface area contributed by atoms with Gasteiger partial charge in [-0.05, 0) is 54.6 Å². The summed E-state index contributed by atoms with van der Waals surface area (Å²) in [5.41, 5.74) is 0.802. The first-order valence-corrected chi connectivity index (χ1v) is 9.84. The number of carbonyl (C=O) groups is 2. The first-order valence-electron chi connectivity index (χ1n) is 9.84. The zero-order valence-electron chi connectivity index (χ0n) is 17.2. The Morgan fingerprint density at radius 2 is 1.66 bits per heavy atom. The Hall–Kier alpha value is -4.20. The summed E-state index contributed by atoms with van der Waals surface area (Å²) >= 11 is 0. The van der Waals surface area contributed by atoms with Crippen LogP contribution in [-0.2, 0) is 4.79 Å². The third-order valence-corrected chi connectivity index (χ3v) is 4.90. The number of carbonyl (C=O) groups excluding carboxylic acids is 1. The van der Waals surface area contributed by atoms with Gasteiger partial charge in [0.15, 0.2) is 17.3 Å². The van der Waals surface area contributed by atoms with Gasteiger partial charge in [0.05, 0.1) is 7.11 Å². The fourth-order valence-corrected chi connectivity index (χ4v) is 3.28. The van der Waals surface area contributed by atoms with Crippen LogP contribution >= 0.6 is 0 Å². The molecule has 4 rings (SSSR count). The number of benzene rings is 3. The van der Waals surface area contributed by atoms with Crippen molar-refractivity contribution in [3.05, 3.63) is 78.4 Å². The van der Waals surface area contributed by atoms with Gasteiger partial charge in [-0.25, -0.2) is 4.79 Å². The molecule has 8 heteroatoms. The highest BCUT2D eigenvalue weighted by molar-refractivity contribution is 6.05. The van der Waals surface area contributed by atoms with Crippen molar-refractivity contribution in [2.75, 3.05) is 19.2 Å². The monoisotopic (exact) mass is 435 g/mol. The highest BCUT2D eigenvalue weighted by Gasteiger charge is 2.37. The number of methoxy groups -OCH3 is 1. The summed E-state index contributed by atoms with van der Waals surface area (Å²) in [5.74, 6) is 0.160. The van der Waals surface area contributed by atoms with E-state index in [4.69, 9.17) is 18.9 Å². The Bertz CT molecular complexity index is 1100. The molecule has 3 aromatic carbocycles. The number of hydrogen-bond donors (Lipinski definition) is 2. The van der Waals surface area contributed by atoms with E-state index in [0.717, 1.165) is 0 Å². The Kier molecular flexibility index (Phi) is 6.12. The molecular formula is C24H21NO7. The van der Waals surface area contributed by atoms with Crippen LogP contribution < -0.4 is 24.3 Å². The van der Waals surface area contributed by atoms with Crippen LogP contribution in [0.25, 0.3) is 0 Å². The Morgan fingerprint density at radius 3 is 2.34 bits per heavy atom. The normalized spacial score (nSPS) is 13.7. The van der Waals surface area contributed by atoms with Crippen LogP contribution in [0.1, 0.15) is 10.4 Å². The van der Waals surface area contributed by atoms with E-state index in [9.17, 15) is 14.7 Å². The number of fused-ring (bicyclic) bond motifs is 1. The third-order valence-electron chi connectivity index (χ3n) is 4.90. The number of hydrogen-bond acceptors (Lipinski definition) is 7. The minimum atomic E-state index is -1.50. The van der Waals surface area contributed by atoms with Crippen molar-refractivity contribution in [2.24, 2.45) is 0 Å². The predicted molar refractivity (Wildman–Crippen MR) is 116 cm³/mol. The van der Waals surface area contributed by atoms with Gasteiger partial charge in [0.2, 0.25) is 12.9 Å². The average Bonchev–Trinajstić information content (AvgIpc) is 3.30. The number of aliphatic carboxylic acids is 1. The topological polar surface area (TPSA) is 103 Å². The molecular weight excluding hydrogens is 414 g/mol. The van der Waals surface area contributed by atoms with Crippen LogP contribution in [0.2, 0.25) is 0 Å². The molecule has 0 amide bonds. The molecule has 8 nitrogen and oxygen atoms in total. The van der Waals surface area contributed by atoms with Crippen molar-refractivity contribution in [2.45, 2.75) is 12.1 Å². The molecule has 0 aromatic heterocycles. The second kappa shape index (κ2) is 9.30. The highest BCUT2D eigenvalue weighted by Crippen LogP contribution is 2.33. The fourth-order valence-electron chi connectivity index (χ4n) is 3.28. The molecule has 3 aromatic rings. The molecule has 0 radical (unpaired) electrons. The smallest absolute Gasteiger partial charge is 0.347 e. The lowest BCUT2D eigenvalue weighted by Gasteiger charge is -2.26. The average molecular weight is 435 g/mol. The summed E-state index contributed by atoms with van der Waals surface area (Å²) < 4.78 is 21.5. The molecule has 0 unspecified atom stereocenters. The van der Waals surface area contributed by atoms with Crippen LogP contribution in [0.5, 0.6) is 23.0 Å². The third kappa shape index (κ3) is 4.59. The van der Waals surface area contributed by atoms with Crippen LogP contribution in [-0.4, -0.2) is 42.9 Å². The molecule has 164 valence electrons. The van der Waals surface area contributed by atoms with E-state index in [1.54, 1.807) is 73.8 Å². The van der Waals surface area contributed by atoms with Crippen molar-refractivity contribution in [3.8, 4) is 23.0 Å². The minimum Gasteiger partial charge on any atom is -0.497 e. The lowest BCUT2D eigenvalue weighted by molar-refractivity contribution is -0.145. The van der Waals surface area contributed by atoms with Crippen LogP contribution in [0.4, 0.5) is 5.69 Å². The number of carboxylic acid groups (broad SMARTS) is 1. The van der Waals surface area contributed by atoms with Gasteiger partial charge in [-0.15, -0.1) is 0 Å². The molecule has 1 heterocycles. The van der Waals surface area contributed by atoms with Crippen molar-refractivity contribution >= 4 is 17.4 Å². The quantitative estimate of drug-likeness (QED) is 0.491. The first kappa shape index (κ1) is 21.0. The predicted octanol–water partition coefficient (Wildman–Crippen LogP) is 3.62.